The number of nitrogens with zero attached hydrogens (tertiary/aromatic N) is 2. The number of ketones is 1. The lowest BCUT2D eigenvalue weighted by atomic mass is 9.99. The lowest BCUT2D eigenvalue weighted by molar-refractivity contribution is 0.0996. The summed E-state index contributed by atoms with van der Waals surface area (Å²) in [7, 11) is 0. The van der Waals surface area contributed by atoms with Gasteiger partial charge in [0.25, 0.3) is 5.91 Å². The Hall–Kier alpha value is -3.46. The molecule has 0 aliphatic heterocycles. The molecule has 0 fully saturated rings. The minimum Gasteiger partial charge on any atom is -0.366 e. The zero-order valence-corrected chi connectivity index (χ0v) is 14.3. The van der Waals surface area contributed by atoms with E-state index >= 15 is 0 Å². The number of pyridine rings is 1. The summed E-state index contributed by atoms with van der Waals surface area (Å²) < 4.78 is 28.7. The predicted octanol–water partition coefficient (Wildman–Crippen LogP) is 3.29. The Morgan fingerprint density at radius 3 is 2.67 bits per heavy atom. The summed E-state index contributed by atoms with van der Waals surface area (Å²) in [5.41, 5.74) is 7.07. The quantitative estimate of drug-likeness (QED) is 0.527. The van der Waals surface area contributed by atoms with Gasteiger partial charge in [-0.25, -0.2) is 18.7 Å². The van der Waals surface area contributed by atoms with Crippen molar-refractivity contribution in [1.82, 2.24) is 15.0 Å². The third-order valence-corrected chi connectivity index (χ3v) is 4.67. The third-order valence-electron chi connectivity index (χ3n) is 4.09. The van der Waals surface area contributed by atoms with Gasteiger partial charge in [-0.1, -0.05) is 0 Å². The Kier molecular flexibility index (Phi) is 4.00. The molecule has 3 heterocycles. The van der Waals surface area contributed by atoms with Gasteiger partial charge in [-0.15, -0.1) is 11.3 Å². The molecule has 134 valence electrons. The maximum absolute atomic E-state index is 14.5. The molecule has 0 aliphatic rings. The first kappa shape index (κ1) is 17.0. The van der Waals surface area contributed by atoms with Crippen molar-refractivity contribution in [3.63, 3.8) is 0 Å². The number of thiazole rings is 1. The lowest BCUT2D eigenvalue weighted by Crippen LogP contribution is -2.17. The average Bonchev–Trinajstić information content (AvgIpc) is 3.30. The van der Waals surface area contributed by atoms with Crippen LogP contribution in [-0.4, -0.2) is 26.6 Å². The molecule has 3 N–H and O–H groups in total. The van der Waals surface area contributed by atoms with Crippen molar-refractivity contribution in [3.8, 4) is 11.3 Å². The maximum Gasteiger partial charge on any atom is 0.251 e. The van der Waals surface area contributed by atoms with Crippen LogP contribution in [0.2, 0.25) is 0 Å². The molecule has 0 atom stereocenters. The fourth-order valence-electron chi connectivity index (χ4n) is 2.77. The van der Waals surface area contributed by atoms with Crippen LogP contribution in [0.1, 0.15) is 26.3 Å². The zero-order valence-electron chi connectivity index (χ0n) is 13.5. The highest BCUT2D eigenvalue weighted by Gasteiger charge is 2.25. The van der Waals surface area contributed by atoms with Gasteiger partial charge in [0.1, 0.15) is 17.3 Å². The molecule has 0 saturated heterocycles. The van der Waals surface area contributed by atoms with Crippen LogP contribution < -0.4 is 5.73 Å². The first-order chi connectivity index (χ1) is 13.0. The number of nitrogens with one attached hydrogen (secondary N) is 1. The highest BCUT2D eigenvalue weighted by Crippen LogP contribution is 2.28. The monoisotopic (exact) mass is 384 g/mol. The van der Waals surface area contributed by atoms with Crippen LogP contribution in [0.3, 0.4) is 0 Å². The van der Waals surface area contributed by atoms with E-state index in [-0.39, 0.29) is 5.56 Å². The Morgan fingerprint density at radius 2 is 1.96 bits per heavy atom. The minimum atomic E-state index is -1.29. The fraction of sp³-hybridized carbons (Fsp3) is 0. The summed E-state index contributed by atoms with van der Waals surface area (Å²) in [5, 5.41) is 2.20. The topological polar surface area (TPSA) is 102 Å². The molecule has 0 saturated carbocycles. The summed E-state index contributed by atoms with van der Waals surface area (Å²) in [4.78, 5) is 35.4. The molecule has 0 radical (unpaired) electrons. The van der Waals surface area contributed by atoms with Gasteiger partial charge in [0.15, 0.2) is 0 Å². The summed E-state index contributed by atoms with van der Waals surface area (Å²) in [6, 6.07) is 3.40. The third kappa shape index (κ3) is 2.77. The van der Waals surface area contributed by atoms with Crippen LogP contribution in [0.25, 0.3) is 22.3 Å². The van der Waals surface area contributed by atoms with Crippen LogP contribution in [0, 0.1) is 11.6 Å². The molecule has 0 unspecified atom stereocenters. The van der Waals surface area contributed by atoms with E-state index in [1.165, 1.54) is 17.5 Å². The molecule has 4 rings (SSSR count). The lowest BCUT2D eigenvalue weighted by Gasteiger charge is -2.07. The van der Waals surface area contributed by atoms with Crippen LogP contribution >= 0.6 is 11.3 Å². The number of nitrogens with two attached hydrogens (primary N) is 1. The molecule has 9 heteroatoms. The van der Waals surface area contributed by atoms with E-state index in [9.17, 15) is 18.4 Å². The normalized spacial score (nSPS) is 11.0. The maximum atomic E-state index is 14.5. The Morgan fingerprint density at radius 1 is 1.15 bits per heavy atom. The second-order valence-electron chi connectivity index (χ2n) is 5.67. The molecular weight excluding hydrogens is 374 g/mol. The molecular formula is C18H10F2N4O2S. The molecule has 0 aliphatic carbocycles. The summed E-state index contributed by atoms with van der Waals surface area (Å²) in [5.74, 6) is -4.38. The molecule has 27 heavy (non-hydrogen) atoms. The standard InChI is InChI=1S/C18H10F2N4O2S/c19-12-2-1-9(17(21)26)15(20)14(12)16(25)11-5-23-18-10(11)3-8(4-22-18)13-6-27-7-24-13/h1-7H,(H2,21,26)(H,22,23). The number of hydrogen-bond donors (Lipinski definition) is 2. The van der Waals surface area contributed by atoms with Crippen molar-refractivity contribution in [3.05, 3.63) is 69.8 Å². The second-order valence-corrected chi connectivity index (χ2v) is 6.39. The number of benzene rings is 1. The van der Waals surface area contributed by atoms with Crippen molar-refractivity contribution < 1.29 is 18.4 Å². The number of carbonyl (C=O) groups is 2. The number of amides is 1. The number of fused-ring (bicyclic) bond motifs is 1. The number of aromatic nitrogens is 3. The number of hydrogen-bond acceptors (Lipinski definition) is 5. The van der Waals surface area contributed by atoms with E-state index in [1.807, 2.05) is 5.38 Å². The minimum absolute atomic E-state index is 0.0222. The van der Waals surface area contributed by atoms with Gasteiger partial charge in [0, 0.05) is 34.3 Å². The smallest absolute Gasteiger partial charge is 0.251 e. The molecule has 1 aromatic carbocycles. The first-order valence-electron chi connectivity index (χ1n) is 7.65. The highest BCUT2D eigenvalue weighted by atomic mass is 32.1. The van der Waals surface area contributed by atoms with Gasteiger partial charge in [-0.05, 0) is 18.2 Å². The van der Waals surface area contributed by atoms with E-state index in [0.29, 0.717) is 22.3 Å². The van der Waals surface area contributed by atoms with Gasteiger partial charge in [0.2, 0.25) is 5.78 Å². The molecule has 6 nitrogen and oxygen atoms in total. The van der Waals surface area contributed by atoms with E-state index in [2.05, 4.69) is 15.0 Å². The molecule has 3 aromatic heterocycles. The Labute approximate surface area is 154 Å². The van der Waals surface area contributed by atoms with Gasteiger partial charge in [0.05, 0.1) is 22.3 Å². The summed E-state index contributed by atoms with van der Waals surface area (Å²) >= 11 is 1.40. The van der Waals surface area contributed by atoms with Crippen LogP contribution in [0.4, 0.5) is 8.78 Å². The molecule has 0 spiro atoms. The van der Waals surface area contributed by atoms with Gasteiger partial charge in [-0.2, -0.15) is 0 Å². The molecule has 4 aromatic rings. The zero-order chi connectivity index (χ0) is 19.1. The van der Waals surface area contributed by atoms with Gasteiger partial charge < -0.3 is 10.7 Å². The average molecular weight is 384 g/mol. The number of aromatic amines is 1. The number of rotatable bonds is 4. The highest BCUT2D eigenvalue weighted by molar-refractivity contribution is 7.07. The van der Waals surface area contributed by atoms with Crippen molar-refractivity contribution in [1.29, 1.82) is 0 Å². The number of carbonyl (C=O) groups excluding carboxylic acids is 2. The molecule has 1 amide bonds. The fourth-order valence-corrected chi connectivity index (χ4v) is 3.33. The Bertz CT molecular complexity index is 1200. The summed E-state index contributed by atoms with van der Waals surface area (Å²) in [6.07, 6.45) is 2.90. The number of primary amides is 1. The largest absolute Gasteiger partial charge is 0.366 e. The van der Waals surface area contributed by atoms with Crippen molar-refractivity contribution in [2.75, 3.05) is 0 Å². The number of H-pyrrole nitrogens is 1. The number of halogens is 2. The van der Waals surface area contributed by atoms with E-state index in [0.717, 1.165) is 12.1 Å². The van der Waals surface area contributed by atoms with Gasteiger partial charge >= 0.3 is 0 Å². The van der Waals surface area contributed by atoms with Crippen molar-refractivity contribution in [2.45, 2.75) is 0 Å². The SMILES string of the molecule is NC(=O)c1ccc(F)c(C(=O)c2c[nH]c3ncc(-c4cscn4)cc23)c1F. The van der Waals surface area contributed by atoms with Crippen LogP contribution in [-0.2, 0) is 0 Å². The van der Waals surface area contributed by atoms with Crippen LogP contribution in [0.5, 0.6) is 0 Å². The van der Waals surface area contributed by atoms with Gasteiger partial charge in [-0.3, -0.25) is 9.59 Å². The summed E-state index contributed by atoms with van der Waals surface area (Å²) in [6.45, 7) is 0. The van der Waals surface area contributed by atoms with E-state index < -0.39 is 34.5 Å². The van der Waals surface area contributed by atoms with Crippen molar-refractivity contribution in [2.24, 2.45) is 5.73 Å². The first-order valence-corrected chi connectivity index (χ1v) is 8.60. The van der Waals surface area contributed by atoms with E-state index in [4.69, 9.17) is 5.73 Å². The van der Waals surface area contributed by atoms with Crippen LogP contribution in [0.15, 0.2) is 41.5 Å². The molecule has 0 bridgehead atoms. The van der Waals surface area contributed by atoms with E-state index in [1.54, 1.807) is 17.8 Å². The second kappa shape index (κ2) is 6.36. The predicted molar refractivity (Wildman–Crippen MR) is 95.5 cm³/mol. The Balaban J connectivity index is 1.88. The van der Waals surface area contributed by atoms with Crippen molar-refractivity contribution >= 4 is 34.1 Å².